The Bertz CT molecular complexity index is 393. The number of rotatable bonds is 3. The number of aromatic hydroxyl groups is 1. The molecule has 0 saturated carbocycles. The number of benzene rings is 1. The van der Waals surface area contributed by atoms with E-state index in [1.54, 1.807) is 12.1 Å². The van der Waals surface area contributed by atoms with E-state index in [-0.39, 0.29) is 12.0 Å². The van der Waals surface area contributed by atoms with Gasteiger partial charge in [-0.3, -0.25) is 4.79 Å². The Kier molecular flexibility index (Phi) is 3.01. The van der Waals surface area contributed by atoms with Gasteiger partial charge in [0.15, 0.2) is 6.29 Å². The molecule has 1 aromatic carbocycles. The molecule has 14 heavy (non-hydrogen) atoms. The van der Waals surface area contributed by atoms with E-state index in [0.717, 1.165) is 6.08 Å². The Morgan fingerprint density at radius 1 is 1.29 bits per heavy atom. The van der Waals surface area contributed by atoms with Crippen LogP contribution in [0.15, 0.2) is 29.8 Å². The molecule has 0 bridgehead atoms. The summed E-state index contributed by atoms with van der Waals surface area (Å²) in [6.45, 7) is 0. The predicted molar refractivity (Wildman–Crippen MR) is 49.8 cm³/mol. The Labute approximate surface area is 80.1 Å². The molecule has 0 unspecified atom stereocenters. The van der Waals surface area contributed by atoms with E-state index in [1.165, 1.54) is 12.1 Å². The number of aliphatic carboxylic acids is 1. The van der Waals surface area contributed by atoms with Crippen LogP contribution in [-0.2, 0) is 9.59 Å². The number of carboxylic acids is 1. The number of hydrogen-bond donors (Lipinski definition) is 2. The molecule has 0 radical (unpaired) electrons. The summed E-state index contributed by atoms with van der Waals surface area (Å²) in [4.78, 5) is 20.8. The van der Waals surface area contributed by atoms with Crippen LogP contribution in [0.1, 0.15) is 5.56 Å². The topological polar surface area (TPSA) is 74.6 Å². The van der Waals surface area contributed by atoms with Gasteiger partial charge in [0.05, 0.1) is 5.57 Å². The molecule has 0 heterocycles. The Balaban J connectivity index is 3.13. The van der Waals surface area contributed by atoms with Crippen LogP contribution in [-0.4, -0.2) is 22.5 Å². The van der Waals surface area contributed by atoms with Crippen LogP contribution in [0.5, 0.6) is 5.75 Å². The first kappa shape index (κ1) is 9.98. The Morgan fingerprint density at radius 2 is 1.93 bits per heavy atom. The van der Waals surface area contributed by atoms with Gasteiger partial charge in [0.2, 0.25) is 0 Å². The highest BCUT2D eigenvalue weighted by Crippen LogP contribution is 2.18. The van der Waals surface area contributed by atoms with E-state index >= 15 is 0 Å². The highest BCUT2D eigenvalue weighted by molar-refractivity contribution is 6.11. The number of aldehydes is 1. The minimum absolute atomic E-state index is 0.0619. The Hall–Kier alpha value is -2.10. The molecule has 0 amide bonds. The lowest BCUT2D eigenvalue weighted by Crippen LogP contribution is -2.00. The number of hydrogen-bond acceptors (Lipinski definition) is 3. The molecule has 4 nitrogen and oxygen atoms in total. The van der Waals surface area contributed by atoms with Crippen molar-refractivity contribution in [1.82, 2.24) is 0 Å². The largest absolute Gasteiger partial charge is 0.507 e. The number of carboxylic acid groups (broad SMARTS) is 1. The first-order valence-corrected chi connectivity index (χ1v) is 3.83. The van der Waals surface area contributed by atoms with Gasteiger partial charge in [-0.2, -0.15) is 0 Å². The molecule has 0 spiro atoms. The lowest BCUT2D eigenvalue weighted by Gasteiger charge is -1.97. The number of phenols is 1. The van der Waals surface area contributed by atoms with E-state index < -0.39 is 11.5 Å². The van der Waals surface area contributed by atoms with Crippen molar-refractivity contribution in [3.63, 3.8) is 0 Å². The summed E-state index contributed by atoms with van der Waals surface area (Å²) in [6, 6.07) is 6.17. The van der Waals surface area contributed by atoms with Crippen molar-refractivity contribution in [2.75, 3.05) is 0 Å². The van der Waals surface area contributed by atoms with Gasteiger partial charge >= 0.3 is 5.97 Å². The lowest BCUT2D eigenvalue weighted by atomic mass is 10.1. The molecule has 2 N–H and O–H groups in total. The van der Waals surface area contributed by atoms with Gasteiger partial charge in [-0.15, -0.1) is 0 Å². The zero-order chi connectivity index (χ0) is 10.6. The van der Waals surface area contributed by atoms with Gasteiger partial charge in [0.25, 0.3) is 0 Å². The van der Waals surface area contributed by atoms with Gasteiger partial charge in [-0.05, 0) is 12.1 Å². The molecular weight excluding hydrogens is 184 g/mol. The second kappa shape index (κ2) is 4.23. The zero-order valence-electron chi connectivity index (χ0n) is 7.18. The first-order chi connectivity index (χ1) is 6.65. The van der Waals surface area contributed by atoms with Crippen LogP contribution in [0.25, 0.3) is 6.08 Å². The first-order valence-electron chi connectivity index (χ1n) is 3.83. The highest BCUT2D eigenvalue weighted by atomic mass is 16.4. The van der Waals surface area contributed by atoms with Crippen LogP contribution < -0.4 is 0 Å². The molecule has 0 saturated heterocycles. The Morgan fingerprint density at radius 3 is 2.43 bits per heavy atom. The van der Waals surface area contributed by atoms with Crippen molar-refractivity contribution in [2.24, 2.45) is 0 Å². The van der Waals surface area contributed by atoms with Crippen LogP contribution in [0.3, 0.4) is 0 Å². The van der Waals surface area contributed by atoms with Crippen molar-refractivity contribution in [3.8, 4) is 5.75 Å². The molecule has 4 heteroatoms. The third-order valence-electron chi connectivity index (χ3n) is 1.62. The summed E-state index contributed by atoms with van der Waals surface area (Å²) >= 11 is 0. The average molecular weight is 192 g/mol. The monoisotopic (exact) mass is 192 g/mol. The van der Waals surface area contributed by atoms with Crippen LogP contribution in [0.2, 0.25) is 0 Å². The summed E-state index contributed by atoms with van der Waals surface area (Å²) in [5.74, 6) is -1.38. The molecule has 0 atom stereocenters. The molecule has 0 aliphatic carbocycles. The third kappa shape index (κ3) is 2.20. The SMILES string of the molecule is O=CC(=Cc1ccccc1O)C(=O)O. The van der Waals surface area contributed by atoms with E-state index in [1.807, 2.05) is 0 Å². The molecule has 0 aliphatic heterocycles. The molecule has 0 aliphatic rings. The van der Waals surface area contributed by atoms with Crippen LogP contribution in [0.4, 0.5) is 0 Å². The average Bonchev–Trinajstić information content (AvgIpc) is 2.16. The minimum atomic E-state index is -1.32. The van der Waals surface area contributed by atoms with Gasteiger partial charge in [0, 0.05) is 5.56 Å². The third-order valence-corrected chi connectivity index (χ3v) is 1.62. The fourth-order valence-electron chi connectivity index (χ4n) is 0.923. The number of para-hydroxylation sites is 1. The van der Waals surface area contributed by atoms with Crippen molar-refractivity contribution in [2.45, 2.75) is 0 Å². The predicted octanol–water partition coefficient (Wildman–Crippen LogP) is 1.06. The maximum Gasteiger partial charge on any atom is 0.339 e. The second-order valence-corrected chi connectivity index (χ2v) is 2.58. The van der Waals surface area contributed by atoms with Gasteiger partial charge in [-0.25, -0.2) is 4.79 Å². The molecule has 72 valence electrons. The fraction of sp³-hybridized carbons (Fsp3) is 0. The smallest absolute Gasteiger partial charge is 0.339 e. The molecule has 1 aromatic rings. The molecule has 0 aromatic heterocycles. The summed E-state index contributed by atoms with van der Waals surface area (Å²) in [7, 11) is 0. The standard InChI is InChI=1S/C10H8O4/c11-6-8(10(13)14)5-7-3-1-2-4-9(7)12/h1-6,12H,(H,13,14). The number of phenolic OH excluding ortho intramolecular Hbond substituents is 1. The summed E-state index contributed by atoms with van der Waals surface area (Å²) < 4.78 is 0. The van der Waals surface area contributed by atoms with E-state index in [2.05, 4.69) is 0 Å². The zero-order valence-corrected chi connectivity index (χ0v) is 7.18. The quantitative estimate of drug-likeness (QED) is 0.325. The lowest BCUT2D eigenvalue weighted by molar-refractivity contribution is -0.133. The summed E-state index contributed by atoms with van der Waals surface area (Å²) in [5.41, 5.74) is -0.0940. The van der Waals surface area contributed by atoms with E-state index in [0.29, 0.717) is 5.56 Å². The second-order valence-electron chi connectivity index (χ2n) is 2.58. The molecule has 1 rings (SSSR count). The van der Waals surface area contributed by atoms with Gasteiger partial charge in [0.1, 0.15) is 5.75 Å². The van der Waals surface area contributed by atoms with E-state index in [4.69, 9.17) is 5.11 Å². The summed E-state index contributed by atoms with van der Waals surface area (Å²) in [6.07, 6.45) is 1.35. The molecular formula is C10H8O4. The van der Waals surface area contributed by atoms with Gasteiger partial charge < -0.3 is 10.2 Å². The van der Waals surface area contributed by atoms with Crippen molar-refractivity contribution >= 4 is 18.3 Å². The van der Waals surface area contributed by atoms with Crippen molar-refractivity contribution in [3.05, 3.63) is 35.4 Å². The van der Waals surface area contributed by atoms with E-state index in [9.17, 15) is 14.7 Å². The number of carbonyl (C=O) groups is 2. The maximum atomic E-state index is 10.5. The van der Waals surface area contributed by atoms with Crippen LogP contribution in [0, 0.1) is 0 Å². The molecule has 0 fully saturated rings. The van der Waals surface area contributed by atoms with Crippen molar-refractivity contribution in [1.29, 1.82) is 0 Å². The normalized spacial score (nSPS) is 11.0. The maximum absolute atomic E-state index is 10.5. The highest BCUT2D eigenvalue weighted by Gasteiger charge is 2.06. The summed E-state index contributed by atoms with van der Waals surface area (Å²) in [5, 5.41) is 17.8. The fourth-order valence-corrected chi connectivity index (χ4v) is 0.923. The van der Waals surface area contributed by atoms with Gasteiger partial charge in [-0.1, -0.05) is 18.2 Å². The van der Waals surface area contributed by atoms with Crippen molar-refractivity contribution < 1.29 is 19.8 Å². The van der Waals surface area contributed by atoms with Crippen LogP contribution >= 0.6 is 0 Å². The number of carbonyl (C=O) groups excluding carboxylic acids is 1. The minimum Gasteiger partial charge on any atom is -0.507 e.